The molecule has 0 unspecified atom stereocenters. The highest BCUT2D eigenvalue weighted by molar-refractivity contribution is 6.06. The minimum Gasteiger partial charge on any atom is -0.504 e. The molecule has 0 fully saturated rings. The zero-order chi connectivity index (χ0) is 14.5. The number of amides is 1. The largest absolute Gasteiger partial charge is 0.504 e. The second-order valence-electron chi connectivity index (χ2n) is 4.30. The van der Waals surface area contributed by atoms with Crippen LogP contribution in [-0.2, 0) is 6.42 Å². The Balaban J connectivity index is 2.13. The van der Waals surface area contributed by atoms with Crippen molar-refractivity contribution in [3.05, 3.63) is 53.6 Å². The van der Waals surface area contributed by atoms with Gasteiger partial charge >= 0.3 is 0 Å². The van der Waals surface area contributed by atoms with Gasteiger partial charge in [0.15, 0.2) is 11.5 Å². The molecular formula is C15H15NO4. The van der Waals surface area contributed by atoms with Gasteiger partial charge in [-0.1, -0.05) is 18.2 Å². The van der Waals surface area contributed by atoms with Crippen LogP contribution in [0.2, 0.25) is 0 Å². The summed E-state index contributed by atoms with van der Waals surface area (Å²) in [5.74, 6) is -1.29. The lowest BCUT2D eigenvalue weighted by Crippen LogP contribution is -2.12. The number of benzene rings is 2. The van der Waals surface area contributed by atoms with Crippen LogP contribution in [0.15, 0.2) is 42.5 Å². The first-order valence-corrected chi connectivity index (χ1v) is 6.14. The molecule has 0 aliphatic carbocycles. The standard InChI is InChI=1S/C15H15NO4/c17-9-8-10-4-6-11(7-5-10)16-15(20)12-2-1-3-13(18)14(12)19/h1-7,17-19H,8-9H2,(H,16,20). The molecule has 20 heavy (non-hydrogen) atoms. The quantitative estimate of drug-likeness (QED) is 0.640. The fraction of sp³-hybridized carbons (Fsp3) is 0.133. The van der Waals surface area contributed by atoms with E-state index in [1.165, 1.54) is 18.2 Å². The fourth-order valence-corrected chi connectivity index (χ4v) is 1.80. The first kappa shape index (κ1) is 13.9. The van der Waals surface area contributed by atoms with Gasteiger partial charge < -0.3 is 20.6 Å². The van der Waals surface area contributed by atoms with E-state index in [2.05, 4.69) is 5.32 Å². The maximum Gasteiger partial charge on any atom is 0.259 e. The zero-order valence-electron chi connectivity index (χ0n) is 10.7. The Hall–Kier alpha value is -2.53. The molecule has 1 amide bonds. The number of carbonyl (C=O) groups is 1. The van der Waals surface area contributed by atoms with Crippen LogP contribution in [0, 0.1) is 0 Å². The van der Waals surface area contributed by atoms with Crippen molar-refractivity contribution in [2.75, 3.05) is 11.9 Å². The Labute approximate surface area is 116 Å². The van der Waals surface area contributed by atoms with Gasteiger partial charge in [0.25, 0.3) is 5.91 Å². The summed E-state index contributed by atoms with van der Waals surface area (Å²) in [4.78, 5) is 12.0. The van der Waals surface area contributed by atoms with Crippen molar-refractivity contribution in [3.63, 3.8) is 0 Å². The van der Waals surface area contributed by atoms with Crippen molar-refractivity contribution < 1.29 is 20.1 Å². The number of aliphatic hydroxyl groups excluding tert-OH is 1. The molecule has 104 valence electrons. The number of phenols is 2. The number of hydrogen-bond acceptors (Lipinski definition) is 4. The highest BCUT2D eigenvalue weighted by Crippen LogP contribution is 2.28. The molecule has 0 aliphatic heterocycles. The lowest BCUT2D eigenvalue weighted by Gasteiger charge is -2.08. The minimum absolute atomic E-state index is 0.00411. The van der Waals surface area contributed by atoms with E-state index in [1.807, 2.05) is 0 Å². The molecule has 0 radical (unpaired) electrons. The van der Waals surface area contributed by atoms with Crippen molar-refractivity contribution in [1.29, 1.82) is 0 Å². The summed E-state index contributed by atoms with van der Waals surface area (Å²) in [5, 5.41) is 30.4. The van der Waals surface area contributed by atoms with Crippen LogP contribution in [0.1, 0.15) is 15.9 Å². The van der Waals surface area contributed by atoms with Crippen molar-refractivity contribution in [2.24, 2.45) is 0 Å². The van der Waals surface area contributed by atoms with Gasteiger partial charge in [-0.05, 0) is 36.2 Å². The first-order valence-electron chi connectivity index (χ1n) is 6.14. The number of aliphatic hydroxyl groups is 1. The summed E-state index contributed by atoms with van der Waals surface area (Å²) < 4.78 is 0. The van der Waals surface area contributed by atoms with Crippen LogP contribution in [0.5, 0.6) is 11.5 Å². The number of para-hydroxylation sites is 1. The van der Waals surface area contributed by atoms with E-state index < -0.39 is 11.7 Å². The molecule has 0 saturated heterocycles. The number of nitrogens with one attached hydrogen (secondary N) is 1. The number of rotatable bonds is 4. The van der Waals surface area contributed by atoms with E-state index >= 15 is 0 Å². The Morgan fingerprint density at radius 2 is 1.75 bits per heavy atom. The summed E-state index contributed by atoms with van der Waals surface area (Å²) in [5.41, 5.74) is 1.54. The molecule has 4 N–H and O–H groups in total. The second kappa shape index (κ2) is 6.08. The van der Waals surface area contributed by atoms with Crippen molar-refractivity contribution in [1.82, 2.24) is 0 Å². The summed E-state index contributed by atoms with van der Waals surface area (Å²) in [6, 6.07) is 11.2. The molecule has 5 heteroatoms. The summed E-state index contributed by atoms with van der Waals surface area (Å²) >= 11 is 0. The number of aromatic hydroxyl groups is 2. The van der Waals surface area contributed by atoms with Gasteiger partial charge in [0.05, 0.1) is 5.56 Å². The van der Waals surface area contributed by atoms with E-state index in [9.17, 15) is 15.0 Å². The van der Waals surface area contributed by atoms with E-state index in [0.29, 0.717) is 12.1 Å². The molecule has 0 saturated carbocycles. The highest BCUT2D eigenvalue weighted by Gasteiger charge is 2.13. The van der Waals surface area contributed by atoms with Gasteiger partial charge in [0, 0.05) is 12.3 Å². The Morgan fingerprint density at radius 3 is 2.40 bits per heavy atom. The fourth-order valence-electron chi connectivity index (χ4n) is 1.80. The van der Waals surface area contributed by atoms with Gasteiger partial charge in [-0.15, -0.1) is 0 Å². The van der Waals surface area contributed by atoms with Gasteiger partial charge in [-0.25, -0.2) is 0 Å². The van der Waals surface area contributed by atoms with Gasteiger partial charge in [-0.2, -0.15) is 0 Å². The molecule has 0 aromatic heterocycles. The lowest BCUT2D eigenvalue weighted by molar-refractivity contribution is 0.102. The topological polar surface area (TPSA) is 89.8 Å². The maximum absolute atomic E-state index is 12.0. The van der Waals surface area contributed by atoms with E-state index in [1.54, 1.807) is 24.3 Å². The molecule has 5 nitrogen and oxygen atoms in total. The molecule has 2 aromatic carbocycles. The molecular weight excluding hydrogens is 258 g/mol. The van der Waals surface area contributed by atoms with E-state index in [-0.39, 0.29) is 17.9 Å². The molecule has 2 aromatic rings. The van der Waals surface area contributed by atoms with Crippen molar-refractivity contribution >= 4 is 11.6 Å². The van der Waals surface area contributed by atoms with Gasteiger partial charge in [0.1, 0.15) is 0 Å². The van der Waals surface area contributed by atoms with Crippen LogP contribution >= 0.6 is 0 Å². The molecule has 0 bridgehead atoms. The Morgan fingerprint density at radius 1 is 1.05 bits per heavy atom. The molecule has 0 spiro atoms. The monoisotopic (exact) mass is 273 g/mol. The number of hydrogen-bond donors (Lipinski definition) is 4. The highest BCUT2D eigenvalue weighted by atomic mass is 16.3. The van der Waals surface area contributed by atoms with Gasteiger partial charge in [-0.3, -0.25) is 4.79 Å². The molecule has 0 heterocycles. The van der Waals surface area contributed by atoms with Crippen LogP contribution < -0.4 is 5.32 Å². The SMILES string of the molecule is O=C(Nc1ccc(CCO)cc1)c1cccc(O)c1O. The van der Waals surface area contributed by atoms with E-state index in [4.69, 9.17) is 5.11 Å². The summed E-state index contributed by atoms with van der Waals surface area (Å²) in [6.45, 7) is 0.0723. The van der Waals surface area contributed by atoms with Crippen LogP contribution in [-0.4, -0.2) is 27.8 Å². The molecule has 2 rings (SSSR count). The normalized spacial score (nSPS) is 10.2. The van der Waals surface area contributed by atoms with Crippen LogP contribution in [0.4, 0.5) is 5.69 Å². The molecule has 0 atom stereocenters. The van der Waals surface area contributed by atoms with Crippen molar-refractivity contribution in [2.45, 2.75) is 6.42 Å². The summed E-state index contributed by atoms with van der Waals surface area (Å²) in [7, 11) is 0. The third kappa shape index (κ3) is 3.07. The summed E-state index contributed by atoms with van der Waals surface area (Å²) in [6.07, 6.45) is 0.557. The van der Waals surface area contributed by atoms with Crippen LogP contribution in [0.3, 0.4) is 0 Å². The van der Waals surface area contributed by atoms with Crippen molar-refractivity contribution in [3.8, 4) is 11.5 Å². The predicted octanol–water partition coefficient (Wildman–Crippen LogP) is 1.88. The lowest BCUT2D eigenvalue weighted by atomic mass is 10.1. The Kier molecular flexibility index (Phi) is 4.22. The zero-order valence-corrected chi connectivity index (χ0v) is 10.7. The minimum atomic E-state index is -0.506. The smallest absolute Gasteiger partial charge is 0.259 e. The number of carbonyl (C=O) groups excluding carboxylic acids is 1. The van der Waals surface area contributed by atoms with E-state index in [0.717, 1.165) is 5.56 Å². The first-order chi connectivity index (χ1) is 9.61. The molecule has 0 aliphatic rings. The third-order valence-electron chi connectivity index (χ3n) is 2.87. The third-order valence-corrected chi connectivity index (χ3v) is 2.87. The predicted molar refractivity (Wildman–Crippen MR) is 75.0 cm³/mol. The van der Waals surface area contributed by atoms with Crippen LogP contribution in [0.25, 0.3) is 0 Å². The average Bonchev–Trinajstić information content (AvgIpc) is 2.44. The average molecular weight is 273 g/mol. The Bertz CT molecular complexity index is 608. The van der Waals surface area contributed by atoms with Gasteiger partial charge in [0.2, 0.25) is 0 Å². The second-order valence-corrected chi connectivity index (χ2v) is 4.30. The maximum atomic E-state index is 12.0. The number of phenolic OH excluding ortho intramolecular Hbond substituents is 2. The number of anilines is 1.